The van der Waals surface area contributed by atoms with E-state index in [2.05, 4.69) is 26.0 Å². The molecule has 0 unspecified atom stereocenters. The zero-order chi connectivity index (χ0) is 28.4. The van der Waals surface area contributed by atoms with Crippen molar-refractivity contribution in [2.45, 2.75) is 4.90 Å². The van der Waals surface area contributed by atoms with E-state index in [0.29, 0.717) is 31.7 Å². The zero-order valence-corrected chi connectivity index (χ0v) is 25.0. The van der Waals surface area contributed by atoms with E-state index in [4.69, 9.17) is 39.5 Å². The maximum absolute atomic E-state index is 13.2. The number of amides is 1. The van der Waals surface area contributed by atoms with Gasteiger partial charge >= 0.3 is 0 Å². The molecular weight excluding hydrogens is 659 g/mol. The molecule has 0 fully saturated rings. The Kier molecular flexibility index (Phi) is 8.26. The molecule has 0 radical (unpaired) electrons. The molecule has 0 atom stereocenters. The number of carbonyl (C=O) groups is 1. The van der Waals surface area contributed by atoms with Crippen LogP contribution in [-0.4, -0.2) is 14.3 Å². The van der Waals surface area contributed by atoms with Gasteiger partial charge in [0, 0.05) is 20.6 Å². The lowest BCUT2D eigenvalue weighted by Crippen LogP contribution is -2.18. The van der Waals surface area contributed by atoms with Crippen LogP contribution in [0.5, 0.6) is 11.5 Å². The zero-order valence-electron chi connectivity index (χ0n) is 20.3. The first-order chi connectivity index (χ1) is 19.1. The molecular formula is C29H18BrCl3N2O4S. The lowest BCUT2D eigenvalue weighted by molar-refractivity contribution is 0.102. The maximum Gasteiger partial charge on any atom is 0.261 e. The van der Waals surface area contributed by atoms with E-state index in [1.807, 2.05) is 30.3 Å². The number of anilines is 2. The van der Waals surface area contributed by atoms with Gasteiger partial charge in [0.2, 0.25) is 0 Å². The van der Waals surface area contributed by atoms with E-state index in [0.717, 1.165) is 10.8 Å². The number of hydrogen-bond acceptors (Lipinski definition) is 4. The molecule has 0 heterocycles. The number of rotatable bonds is 7. The van der Waals surface area contributed by atoms with Crippen molar-refractivity contribution in [3.63, 3.8) is 0 Å². The second kappa shape index (κ2) is 11.7. The predicted octanol–water partition coefficient (Wildman–Crippen LogP) is 9.41. The van der Waals surface area contributed by atoms with Crippen LogP contribution < -0.4 is 14.8 Å². The van der Waals surface area contributed by atoms with Crippen molar-refractivity contribution in [1.82, 2.24) is 0 Å². The Labute approximate surface area is 254 Å². The number of benzene rings is 5. The summed E-state index contributed by atoms with van der Waals surface area (Å²) < 4.78 is 34.9. The molecule has 0 aliphatic rings. The van der Waals surface area contributed by atoms with Gasteiger partial charge in [0.05, 0.1) is 26.2 Å². The van der Waals surface area contributed by atoms with Gasteiger partial charge in [0.15, 0.2) is 0 Å². The topological polar surface area (TPSA) is 84.5 Å². The molecule has 1 amide bonds. The monoisotopic (exact) mass is 674 g/mol. The number of fused-ring (bicyclic) bond motifs is 1. The summed E-state index contributed by atoms with van der Waals surface area (Å²) in [6.45, 7) is 0. The summed E-state index contributed by atoms with van der Waals surface area (Å²) >= 11 is 22.2. The fourth-order valence-corrected chi connectivity index (χ4v) is 5.94. The summed E-state index contributed by atoms with van der Waals surface area (Å²) in [4.78, 5) is 13.2. The molecule has 40 heavy (non-hydrogen) atoms. The van der Waals surface area contributed by atoms with E-state index >= 15 is 0 Å². The summed E-state index contributed by atoms with van der Waals surface area (Å²) in [5.41, 5.74) is 0.553. The first-order valence-corrected chi connectivity index (χ1v) is 15.1. The largest absolute Gasteiger partial charge is 0.454 e. The third-order valence-corrected chi connectivity index (χ3v) is 8.64. The molecule has 11 heteroatoms. The van der Waals surface area contributed by atoms with Gasteiger partial charge in [-0.3, -0.25) is 9.52 Å². The van der Waals surface area contributed by atoms with Crippen LogP contribution in [0.25, 0.3) is 10.8 Å². The van der Waals surface area contributed by atoms with Crippen LogP contribution in [0.2, 0.25) is 15.1 Å². The van der Waals surface area contributed by atoms with Gasteiger partial charge in [0.25, 0.3) is 15.9 Å². The Hall–Kier alpha value is -3.27. The Balaban J connectivity index is 1.36. The van der Waals surface area contributed by atoms with Gasteiger partial charge in [-0.1, -0.05) is 81.1 Å². The van der Waals surface area contributed by atoms with Crippen molar-refractivity contribution in [2.24, 2.45) is 0 Å². The highest BCUT2D eigenvalue weighted by Gasteiger charge is 2.20. The van der Waals surface area contributed by atoms with E-state index in [1.54, 1.807) is 24.3 Å². The third kappa shape index (κ3) is 6.22. The predicted molar refractivity (Wildman–Crippen MR) is 165 cm³/mol. The Morgan fingerprint density at radius 2 is 1.52 bits per heavy atom. The van der Waals surface area contributed by atoms with Crippen LogP contribution >= 0.6 is 50.7 Å². The molecule has 2 N–H and O–H groups in total. The Morgan fingerprint density at radius 3 is 2.27 bits per heavy atom. The normalized spacial score (nSPS) is 11.3. The molecule has 0 bridgehead atoms. The summed E-state index contributed by atoms with van der Waals surface area (Å²) in [6.07, 6.45) is 0. The number of nitrogens with one attached hydrogen (secondary N) is 2. The number of carbonyl (C=O) groups excluding carboxylic acids is 1. The SMILES string of the molecule is O=C(Nc1ccc(Oc2ccc3ccccc3c2Cl)c(Cl)c1)c1cc(Br)ccc1NS(=O)(=O)c1ccc(Cl)cc1. The second-order valence-corrected chi connectivity index (χ2v) is 12.4. The fraction of sp³-hybridized carbons (Fsp3) is 0. The van der Waals surface area contributed by atoms with Crippen molar-refractivity contribution in [3.8, 4) is 11.5 Å². The average molecular weight is 677 g/mol. The Morgan fingerprint density at radius 1 is 0.800 bits per heavy atom. The number of hydrogen-bond donors (Lipinski definition) is 2. The summed E-state index contributed by atoms with van der Waals surface area (Å²) in [6, 6.07) is 26.4. The maximum atomic E-state index is 13.2. The van der Waals surface area contributed by atoms with E-state index < -0.39 is 15.9 Å². The van der Waals surface area contributed by atoms with Crippen molar-refractivity contribution >= 4 is 88.8 Å². The summed E-state index contributed by atoms with van der Waals surface area (Å²) in [5.74, 6) is 0.221. The molecule has 0 saturated heterocycles. The molecule has 202 valence electrons. The van der Waals surface area contributed by atoms with Crippen LogP contribution in [0.15, 0.2) is 106 Å². The minimum Gasteiger partial charge on any atom is -0.454 e. The summed E-state index contributed by atoms with van der Waals surface area (Å²) in [5, 5.41) is 5.66. The number of ether oxygens (including phenoxy) is 1. The molecule has 0 aromatic heterocycles. The summed E-state index contributed by atoms with van der Waals surface area (Å²) in [7, 11) is -3.98. The third-order valence-electron chi connectivity index (χ3n) is 5.83. The first kappa shape index (κ1) is 28.3. The molecule has 6 nitrogen and oxygen atoms in total. The minimum absolute atomic E-state index is 0.0000598. The van der Waals surface area contributed by atoms with Gasteiger partial charge < -0.3 is 10.1 Å². The van der Waals surface area contributed by atoms with Gasteiger partial charge in [-0.15, -0.1) is 0 Å². The van der Waals surface area contributed by atoms with Crippen LogP contribution in [0.4, 0.5) is 11.4 Å². The first-order valence-electron chi connectivity index (χ1n) is 11.6. The van der Waals surface area contributed by atoms with E-state index in [-0.39, 0.29) is 21.2 Å². The number of sulfonamides is 1. The van der Waals surface area contributed by atoms with Crippen LogP contribution in [-0.2, 0) is 10.0 Å². The molecule has 5 aromatic rings. The highest BCUT2D eigenvalue weighted by atomic mass is 79.9. The van der Waals surface area contributed by atoms with Gasteiger partial charge in [-0.05, 0) is 72.1 Å². The van der Waals surface area contributed by atoms with E-state index in [1.165, 1.54) is 42.5 Å². The smallest absolute Gasteiger partial charge is 0.261 e. The molecule has 0 saturated carbocycles. The highest BCUT2D eigenvalue weighted by molar-refractivity contribution is 9.10. The lowest BCUT2D eigenvalue weighted by atomic mass is 10.1. The van der Waals surface area contributed by atoms with Gasteiger partial charge in [-0.2, -0.15) is 0 Å². The lowest BCUT2D eigenvalue weighted by Gasteiger charge is -2.15. The minimum atomic E-state index is -3.98. The quantitative estimate of drug-likeness (QED) is 0.180. The molecule has 0 spiro atoms. The average Bonchev–Trinajstić information content (AvgIpc) is 2.93. The standard InChI is InChI=1S/C29H18BrCl3N2O4S/c30-18-6-12-25(35-40(37,38)21-10-7-19(31)8-11-21)23(15-18)29(36)34-20-9-14-26(24(32)16-20)39-27-13-5-17-3-1-2-4-22(17)28(27)33/h1-16,35H,(H,34,36). The Bertz CT molecular complexity index is 1870. The highest BCUT2D eigenvalue weighted by Crippen LogP contribution is 2.38. The fourth-order valence-electron chi connectivity index (χ4n) is 3.88. The van der Waals surface area contributed by atoms with Crippen molar-refractivity contribution in [3.05, 3.63) is 122 Å². The van der Waals surface area contributed by atoms with Gasteiger partial charge in [0.1, 0.15) is 11.5 Å². The van der Waals surface area contributed by atoms with Gasteiger partial charge in [-0.25, -0.2) is 8.42 Å². The molecule has 0 aliphatic heterocycles. The second-order valence-electron chi connectivity index (χ2n) is 8.55. The van der Waals surface area contributed by atoms with Crippen LogP contribution in [0.3, 0.4) is 0 Å². The van der Waals surface area contributed by atoms with Crippen LogP contribution in [0, 0.1) is 0 Å². The van der Waals surface area contributed by atoms with Crippen molar-refractivity contribution in [1.29, 1.82) is 0 Å². The van der Waals surface area contributed by atoms with Crippen LogP contribution in [0.1, 0.15) is 10.4 Å². The molecule has 0 aliphatic carbocycles. The van der Waals surface area contributed by atoms with Crippen molar-refractivity contribution < 1.29 is 17.9 Å². The molecule has 5 aromatic carbocycles. The molecule has 5 rings (SSSR count). The van der Waals surface area contributed by atoms with Crippen molar-refractivity contribution in [2.75, 3.05) is 10.0 Å². The number of halogens is 4. The van der Waals surface area contributed by atoms with E-state index in [9.17, 15) is 13.2 Å².